The molecule has 0 aliphatic carbocycles. The molecule has 3 unspecified atom stereocenters. The van der Waals surface area contributed by atoms with Crippen LogP contribution >= 0.6 is 23.5 Å². The van der Waals surface area contributed by atoms with Crippen LogP contribution in [0.1, 0.15) is 100 Å². The minimum atomic E-state index is -1.66. The molecule has 14 heteroatoms. The van der Waals surface area contributed by atoms with Crippen molar-refractivity contribution >= 4 is 37.6 Å². The number of carbonyl (C=O) groups is 1. The van der Waals surface area contributed by atoms with E-state index in [1.807, 2.05) is 91.9 Å². The zero-order valence-electron chi connectivity index (χ0n) is 42.6. The van der Waals surface area contributed by atoms with E-state index in [1.54, 1.807) is 52.0 Å². The van der Waals surface area contributed by atoms with E-state index < -0.39 is 24.7 Å². The van der Waals surface area contributed by atoms with E-state index in [1.165, 1.54) is 12.8 Å². The largest absolute Gasteiger partial charge is 0.468 e. The minimum Gasteiger partial charge on any atom is -0.468 e. The van der Waals surface area contributed by atoms with E-state index in [0.29, 0.717) is 23.0 Å². The molecule has 0 amide bonds. The summed E-state index contributed by atoms with van der Waals surface area (Å²) in [5.41, 5.74) is 0.932. The van der Waals surface area contributed by atoms with E-state index in [0.717, 1.165) is 75.8 Å². The molecule has 2 aliphatic rings. The molecular formula is C55H74O11S2Si. The van der Waals surface area contributed by atoms with Crippen molar-refractivity contribution in [2.45, 2.75) is 117 Å². The van der Waals surface area contributed by atoms with Gasteiger partial charge in [0.15, 0.2) is 46.9 Å². The van der Waals surface area contributed by atoms with Crippen molar-refractivity contribution in [2.75, 3.05) is 73.7 Å². The number of thioether (sulfide) groups is 2. The number of ketones is 1. The van der Waals surface area contributed by atoms with Gasteiger partial charge in [-0.05, 0) is 104 Å². The summed E-state index contributed by atoms with van der Waals surface area (Å²) in [7, 11) is 4.70. The fourth-order valence-corrected chi connectivity index (χ4v) is 11.5. The number of benzene rings is 4. The Bertz CT molecular complexity index is 2310. The summed E-state index contributed by atoms with van der Waals surface area (Å²) in [6.07, 6.45) is 6.34. The van der Waals surface area contributed by atoms with Gasteiger partial charge in [0, 0.05) is 79.3 Å². The van der Waals surface area contributed by atoms with Crippen LogP contribution in [0.2, 0.25) is 18.1 Å². The van der Waals surface area contributed by atoms with Crippen molar-refractivity contribution < 1.29 is 52.2 Å². The average molecular weight is 1000 g/mol. The molecule has 0 fully saturated rings. The van der Waals surface area contributed by atoms with E-state index in [2.05, 4.69) is 52.6 Å². The van der Waals surface area contributed by atoms with Crippen molar-refractivity contribution in [1.82, 2.24) is 0 Å². The van der Waals surface area contributed by atoms with Crippen LogP contribution in [0.15, 0.2) is 94.7 Å². The summed E-state index contributed by atoms with van der Waals surface area (Å²) in [6.45, 7) is 17.2. The number of Topliss-reactive ketones (excluding diaryl/α,β-unsaturated/α-hetero) is 1. The van der Waals surface area contributed by atoms with Crippen LogP contribution in [0.25, 0.3) is 0 Å². The molecule has 1 N–H and O–H groups in total. The molecule has 11 nitrogen and oxygen atoms in total. The zero-order valence-corrected chi connectivity index (χ0v) is 45.3. The Balaban J connectivity index is 0.000000290. The second kappa shape index (κ2) is 25.9. The number of fused-ring (bicyclic) bond motifs is 2. The molecule has 4 aromatic rings. The minimum absolute atomic E-state index is 0.120. The molecule has 0 radical (unpaired) electrons. The van der Waals surface area contributed by atoms with Crippen LogP contribution in [0.3, 0.4) is 0 Å². The van der Waals surface area contributed by atoms with Crippen LogP contribution in [0, 0.1) is 11.8 Å². The van der Waals surface area contributed by atoms with E-state index in [-0.39, 0.29) is 38.0 Å². The Hall–Kier alpha value is -4.01. The molecule has 2 heterocycles. The van der Waals surface area contributed by atoms with Gasteiger partial charge in [0.05, 0.1) is 5.41 Å². The summed E-state index contributed by atoms with van der Waals surface area (Å²) >= 11 is 3.38. The maximum absolute atomic E-state index is 13.2. The average Bonchev–Trinajstić information content (AvgIpc) is 3.34. The Labute approximate surface area is 421 Å². The van der Waals surface area contributed by atoms with Gasteiger partial charge in [-0.1, -0.05) is 89.1 Å². The van der Waals surface area contributed by atoms with Crippen molar-refractivity contribution in [3.63, 3.8) is 0 Å². The molecule has 376 valence electrons. The number of hydrogen-bond acceptors (Lipinski definition) is 13. The molecule has 3 atom stereocenters. The van der Waals surface area contributed by atoms with Gasteiger partial charge >= 0.3 is 0 Å². The van der Waals surface area contributed by atoms with Gasteiger partial charge in [0.2, 0.25) is 0 Å². The van der Waals surface area contributed by atoms with Gasteiger partial charge in [-0.3, -0.25) is 4.79 Å². The molecule has 4 aromatic carbocycles. The predicted molar refractivity (Wildman–Crippen MR) is 279 cm³/mol. The first-order valence-electron chi connectivity index (χ1n) is 23.6. The van der Waals surface area contributed by atoms with Crippen LogP contribution in [-0.4, -0.2) is 92.9 Å². The van der Waals surface area contributed by atoms with Crippen LogP contribution < -0.4 is 18.9 Å². The maximum Gasteiger partial charge on any atom is 0.191 e. The van der Waals surface area contributed by atoms with Gasteiger partial charge in [-0.15, -0.1) is 23.5 Å². The number of methoxy groups -OCH3 is 4. The highest BCUT2D eigenvalue weighted by Crippen LogP contribution is 2.53. The highest BCUT2D eigenvalue weighted by Gasteiger charge is 2.52. The normalized spacial score (nSPS) is 19.8. The molecule has 0 saturated heterocycles. The first-order valence-corrected chi connectivity index (χ1v) is 28.5. The molecule has 0 aromatic heterocycles. The molecule has 69 heavy (non-hydrogen) atoms. The Morgan fingerprint density at radius 3 is 1.67 bits per heavy atom. The van der Waals surface area contributed by atoms with E-state index in [4.69, 9.17) is 42.3 Å². The maximum atomic E-state index is 13.2. The Morgan fingerprint density at radius 2 is 1.10 bits per heavy atom. The van der Waals surface area contributed by atoms with Gasteiger partial charge in [0.1, 0.15) is 23.0 Å². The molecule has 6 rings (SSSR count). The van der Waals surface area contributed by atoms with Crippen molar-refractivity contribution in [2.24, 2.45) is 0 Å². The van der Waals surface area contributed by atoms with Gasteiger partial charge < -0.3 is 47.4 Å². The number of rotatable bonds is 22. The molecule has 2 aliphatic heterocycles. The summed E-state index contributed by atoms with van der Waals surface area (Å²) in [6, 6.07) is 26.9. The molecule has 0 spiro atoms. The number of aliphatic hydroxyl groups is 1. The van der Waals surface area contributed by atoms with Gasteiger partial charge in [-0.25, -0.2) is 0 Å². The lowest BCUT2D eigenvalue weighted by molar-refractivity contribution is 0.0229. The lowest BCUT2D eigenvalue weighted by Gasteiger charge is -2.46. The number of unbranched alkanes of at least 4 members (excludes halogenated alkanes) is 5. The third kappa shape index (κ3) is 14.3. The highest BCUT2D eigenvalue weighted by molar-refractivity contribution is 7.99. The Morgan fingerprint density at radius 1 is 0.623 bits per heavy atom. The second-order valence-corrected chi connectivity index (χ2v) is 26.1. The van der Waals surface area contributed by atoms with Crippen molar-refractivity contribution in [1.29, 1.82) is 0 Å². The number of hydrogen-bond donors (Lipinski definition) is 1. The number of carbonyl (C=O) groups excluding carboxylic acids is 1. The first kappa shape index (κ1) is 55.9. The standard InChI is InChI=1S/C35H52O6SSi.C20H22O5S/c1-33(2,3)43(7,8)41-23-15-13-11-9-10-12-14-22-35(36)31-21-20-30(40-27-38-6)24-32(31)42-25-34(35,4)28-16-18-29(19-17-28)39-26-37-5;1-20(14-4-6-15(7-5-14)24-12-22-2)11-26-18-10-16(25-13-23-3)8-9-17(18)19(20)21/h16-21,24,36H,9-13,15,23,25-27H2,1-8H3;4-10H,11-13H2,1-3H3. The van der Waals surface area contributed by atoms with E-state index in [9.17, 15) is 9.90 Å². The SMILES string of the molecule is COCOc1ccc(C2(C)CSc3cc(OCOC)ccc3C2(O)C#CCCCCCCCO[Si](C)(C)C(C)(C)C)cc1.COCOc1ccc(C2(C)CSc3cc(OCOC)ccc3C2=O)cc1. The second-order valence-electron chi connectivity index (χ2n) is 19.3. The Kier molecular flexibility index (Phi) is 21.0. The summed E-state index contributed by atoms with van der Waals surface area (Å²) < 4.78 is 48.4. The molecule has 0 saturated carbocycles. The summed E-state index contributed by atoms with van der Waals surface area (Å²) in [5.74, 6) is 11.0. The zero-order chi connectivity index (χ0) is 50.1. The third-order valence-electron chi connectivity index (χ3n) is 13.2. The smallest absolute Gasteiger partial charge is 0.191 e. The monoisotopic (exact) mass is 1000 g/mol. The van der Waals surface area contributed by atoms with Crippen LogP contribution in [-0.2, 0) is 39.8 Å². The quantitative estimate of drug-likeness (QED) is 0.0348. The predicted octanol–water partition coefficient (Wildman–Crippen LogP) is 12.2. The fourth-order valence-electron chi connectivity index (χ4n) is 7.76. The lowest BCUT2D eigenvalue weighted by Crippen LogP contribution is -2.50. The molecular weight excluding hydrogens is 929 g/mol. The molecule has 0 bridgehead atoms. The van der Waals surface area contributed by atoms with Gasteiger partial charge in [0.25, 0.3) is 0 Å². The third-order valence-corrected chi connectivity index (χ3v) is 20.5. The van der Waals surface area contributed by atoms with Crippen LogP contribution in [0.4, 0.5) is 0 Å². The number of ether oxygens (including phenoxy) is 8. The summed E-state index contributed by atoms with van der Waals surface area (Å²) in [5, 5.41) is 12.7. The summed E-state index contributed by atoms with van der Waals surface area (Å²) in [4.78, 5) is 15.1. The van der Waals surface area contributed by atoms with Crippen molar-refractivity contribution in [3.05, 3.63) is 107 Å². The topological polar surface area (TPSA) is 120 Å². The first-order chi connectivity index (χ1) is 33.0. The van der Waals surface area contributed by atoms with Gasteiger partial charge in [-0.2, -0.15) is 0 Å². The van der Waals surface area contributed by atoms with Crippen LogP contribution in [0.5, 0.6) is 23.0 Å². The van der Waals surface area contributed by atoms with Crippen molar-refractivity contribution in [3.8, 4) is 34.8 Å². The lowest BCUT2D eigenvalue weighted by atomic mass is 9.66. The fraction of sp³-hybridized carbons (Fsp3) is 0.509. The highest BCUT2D eigenvalue weighted by atomic mass is 32.2. The van der Waals surface area contributed by atoms with E-state index >= 15 is 0 Å².